The van der Waals surface area contributed by atoms with Gasteiger partial charge < -0.3 is 23.7 Å². The van der Waals surface area contributed by atoms with E-state index in [1.165, 1.54) is 36.4 Å². The predicted octanol–water partition coefficient (Wildman–Crippen LogP) is 2.84. The van der Waals surface area contributed by atoms with Crippen molar-refractivity contribution in [2.24, 2.45) is 0 Å². The van der Waals surface area contributed by atoms with Crippen molar-refractivity contribution in [1.82, 2.24) is 9.88 Å². The summed E-state index contributed by atoms with van der Waals surface area (Å²) in [5, 5.41) is -0.168. The molecular formula is C22H22FN3O5S. The summed E-state index contributed by atoms with van der Waals surface area (Å²) in [6.45, 7) is 3.47. The number of hydrogen-bond acceptors (Lipinski definition) is 8. The lowest BCUT2D eigenvalue weighted by atomic mass is 10.2. The second kappa shape index (κ2) is 8.10. The van der Waals surface area contributed by atoms with Gasteiger partial charge in [0.15, 0.2) is 11.5 Å². The number of rotatable bonds is 4. The van der Waals surface area contributed by atoms with E-state index in [0.717, 1.165) is 13.1 Å². The van der Waals surface area contributed by atoms with Crippen molar-refractivity contribution in [3.63, 3.8) is 0 Å². The molecule has 3 heterocycles. The van der Waals surface area contributed by atoms with Gasteiger partial charge >= 0.3 is 0 Å². The van der Waals surface area contributed by atoms with Crippen molar-refractivity contribution in [2.45, 2.75) is 9.92 Å². The fourth-order valence-electron chi connectivity index (χ4n) is 3.70. The Labute approximate surface area is 185 Å². The van der Waals surface area contributed by atoms with Gasteiger partial charge in [0, 0.05) is 37.8 Å². The first-order valence-corrected chi connectivity index (χ1v) is 11.7. The summed E-state index contributed by atoms with van der Waals surface area (Å²) in [4.78, 5) is 8.43. The van der Waals surface area contributed by atoms with Gasteiger partial charge in [-0.15, -0.1) is 0 Å². The van der Waals surface area contributed by atoms with E-state index in [-0.39, 0.29) is 21.7 Å². The number of aromatic nitrogens is 1. The fraction of sp³-hybridized carbons (Fsp3) is 0.318. The minimum Gasteiger partial charge on any atom is -0.486 e. The molecule has 2 aromatic carbocycles. The van der Waals surface area contributed by atoms with E-state index in [9.17, 15) is 12.8 Å². The van der Waals surface area contributed by atoms with Crippen molar-refractivity contribution < 1.29 is 26.7 Å². The zero-order chi connectivity index (χ0) is 22.3. The van der Waals surface area contributed by atoms with Crippen molar-refractivity contribution in [2.75, 3.05) is 51.3 Å². The highest BCUT2D eigenvalue weighted by atomic mass is 32.2. The van der Waals surface area contributed by atoms with E-state index < -0.39 is 15.7 Å². The number of anilines is 1. The van der Waals surface area contributed by atoms with E-state index in [1.54, 1.807) is 6.07 Å². The van der Waals surface area contributed by atoms with E-state index in [0.29, 0.717) is 43.4 Å². The van der Waals surface area contributed by atoms with Gasteiger partial charge in [-0.25, -0.2) is 12.8 Å². The molecular weight excluding hydrogens is 437 g/mol. The predicted molar refractivity (Wildman–Crippen MR) is 114 cm³/mol. The Morgan fingerprint density at radius 2 is 1.62 bits per heavy atom. The topological polar surface area (TPSA) is 85.1 Å². The first kappa shape index (κ1) is 20.8. The molecule has 0 N–H and O–H groups in total. The number of piperazine rings is 1. The summed E-state index contributed by atoms with van der Waals surface area (Å²) < 4.78 is 57.7. The van der Waals surface area contributed by atoms with Gasteiger partial charge in [-0.1, -0.05) is 0 Å². The molecule has 168 valence electrons. The van der Waals surface area contributed by atoms with Gasteiger partial charge in [0.25, 0.3) is 0 Å². The van der Waals surface area contributed by atoms with Crippen LogP contribution in [0, 0.1) is 5.82 Å². The molecule has 10 heteroatoms. The van der Waals surface area contributed by atoms with Gasteiger partial charge in [0.2, 0.25) is 26.6 Å². The molecule has 2 aliphatic heterocycles. The highest BCUT2D eigenvalue weighted by molar-refractivity contribution is 7.91. The van der Waals surface area contributed by atoms with Crippen LogP contribution in [0.3, 0.4) is 0 Å². The second-order valence-electron chi connectivity index (χ2n) is 7.74. The first-order chi connectivity index (χ1) is 15.4. The van der Waals surface area contributed by atoms with Gasteiger partial charge in [0.05, 0.1) is 4.90 Å². The Morgan fingerprint density at radius 1 is 0.938 bits per heavy atom. The average molecular weight is 459 g/mol. The molecule has 8 nitrogen and oxygen atoms in total. The lowest BCUT2D eigenvalue weighted by Gasteiger charge is -2.32. The molecule has 0 radical (unpaired) electrons. The molecule has 0 spiro atoms. The SMILES string of the molecule is CN1CCN(c2oc(-c3ccc(F)cc3)nc2S(=O)(=O)c2ccc3c(c2)OCCO3)CC1. The van der Waals surface area contributed by atoms with Crippen molar-refractivity contribution in [1.29, 1.82) is 0 Å². The number of hydrogen-bond donors (Lipinski definition) is 0. The third kappa shape index (κ3) is 3.80. The summed E-state index contributed by atoms with van der Waals surface area (Å²) >= 11 is 0. The van der Waals surface area contributed by atoms with Crippen LogP contribution < -0.4 is 14.4 Å². The van der Waals surface area contributed by atoms with Crippen molar-refractivity contribution in [3.05, 3.63) is 48.3 Å². The molecule has 1 fully saturated rings. The molecule has 0 unspecified atom stereocenters. The summed E-state index contributed by atoms with van der Waals surface area (Å²) in [5.74, 6) is 0.786. The molecule has 0 atom stereocenters. The lowest BCUT2D eigenvalue weighted by Crippen LogP contribution is -2.44. The third-order valence-corrected chi connectivity index (χ3v) is 7.19. The first-order valence-electron chi connectivity index (χ1n) is 10.3. The summed E-state index contributed by atoms with van der Waals surface area (Å²) in [5.41, 5.74) is 0.491. The molecule has 0 bridgehead atoms. The van der Waals surface area contributed by atoms with Gasteiger partial charge in [-0.05, 0) is 43.4 Å². The molecule has 0 amide bonds. The Balaban J connectivity index is 1.60. The van der Waals surface area contributed by atoms with Crippen LogP contribution in [0.4, 0.5) is 10.3 Å². The highest BCUT2D eigenvalue weighted by Gasteiger charge is 2.33. The highest BCUT2D eigenvalue weighted by Crippen LogP contribution is 2.38. The van der Waals surface area contributed by atoms with Gasteiger partial charge in [-0.2, -0.15) is 4.98 Å². The summed E-state index contributed by atoms with van der Waals surface area (Å²) in [6, 6.07) is 10.1. The zero-order valence-electron chi connectivity index (χ0n) is 17.5. The average Bonchev–Trinajstić information content (AvgIpc) is 3.26. The minimum absolute atomic E-state index is 0.0380. The van der Waals surface area contributed by atoms with Crippen LogP contribution in [-0.4, -0.2) is 64.7 Å². The number of sulfone groups is 1. The maximum absolute atomic E-state index is 13.6. The molecule has 3 aromatic rings. The molecule has 0 saturated carbocycles. The molecule has 5 rings (SSSR count). The van der Waals surface area contributed by atoms with Crippen LogP contribution in [0.2, 0.25) is 0 Å². The number of halogens is 1. The van der Waals surface area contributed by atoms with Crippen LogP contribution in [0.25, 0.3) is 11.5 Å². The van der Waals surface area contributed by atoms with Crippen LogP contribution in [0.5, 0.6) is 11.5 Å². The third-order valence-electron chi connectivity index (χ3n) is 5.54. The maximum atomic E-state index is 13.6. The number of nitrogens with zero attached hydrogens (tertiary/aromatic N) is 3. The van der Waals surface area contributed by atoms with Gasteiger partial charge in [-0.3, -0.25) is 0 Å². The molecule has 0 aliphatic carbocycles. The van der Waals surface area contributed by atoms with Gasteiger partial charge in [0.1, 0.15) is 19.0 Å². The maximum Gasteiger partial charge on any atom is 0.236 e. The van der Waals surface area contributed by atoms with Crippen LogP contribution in [0.1, 0.15) is 0 Å². The Bertz CT molecular complexity index is 1230. The van der Waals surface area contributed by atoms with E-state index in [4.69, 9.17) is 13.9 Å². The molecule has 2 aliphatic rings. The van der Waals surface area contributed by atoms with Crippen molar-refractivity contribution in [3.8, 4) is 23.0 Å². The number of benzene rings is 2. The molecule has 32 heavy (non-hydrogen) atoms. The van der Waals surface area contributed by atoms with E-state index >= 15 is 0 Å². The minimum atomic E-state index is -4.03. The number of likely N-dealkylation sites (N-methyl/N-ethyl adjacent to an activating group) is 1. The Hall–Kier alpha value is -3.11. The standard InChI is InChI=1S/C22H22FN3O5S/c1-25-8-10-26(11-9-25)22-21(24-20(31-22)15-2-4-16(23)5-3-15)32(27,28)17-6-7-18-19(14-17)30-13-12-29-18/h2-7,14H,8-13H2,1H3. The normalized spacial score (nSPS) is 16.9. The fourth-order valence-corrected chi connectivity index (χ4v) is 5.04. The summed E-state index contributed by atoms with van der Waals surface area (Å²) in [6.07, 6.45) is 0. The lowest BCUT2D eigenvalue weighted by molar-refractivity contribution is 0.171. The van der Waals surface area contributed by atoms with Crippen LogP contribution in [0.15, 0.2) is 56.8 Å². The quantitative estimate of drug-likeness (QED) is 0.589. The summed E-state index contributed by atoms with van der Waals surface area (Å²) in [7, 11) is -2.02. The molecule has 1 aromatic heterocycles. The molecule has 1 saturated heterocycles. The zero-order valence-corrected chi connectivity index (χ0v) is 18.3. The largest absolute Gasteiger partial charge is 0.486 e. The van der Waals surface area contributed by atoms with E-state index in [2.05, 4.69) is 9.88 Å². The number of ether oxygens (including phenoxy) is 2. The Kier molecular flexibility index (Phi) is 5.26. The van der Waals surface area contributed by atoms with Crippen molar-refractivity contribution >= 4 is 15.7 Å². The smallest absolute Gasteiger partial charge is 0.236 e. The monoisotopic (exact) mass is 459 g/mol. The van der Waals surface area contributed by atoms with E-state index in [1.807, 2.05) is 11.9 Å². The van der Waals surface area contributed by atoms with Crippen LogP contribution >= 0.6 is 0 Å². The van der Waals surface area contributed by atoms with Crippen LogP contribution in [-0.2, 0) is 9.84 Å². The number of fused-ring (bicyclic) bond motifs is 1. The second-order valence-corrected chi connectivity index (χ2v) is 9.60. The Morgan fingerprint density at radius 3 is 2.34 bits per heavy atom. The number of oxazole rings is 1.